The number of nitrogens with one attached hydrogen (secondary N) is 1. The van der Waals surface area contributed by atoms with E-state index in [-0.39, 0.29) is 11.3 Å². The van der Waals surface area contributed by atoms with E-state index in [2.05, 4.69) is 5.32 Å². The summed E-state index contributed by atoms with van der Waals surface area (Å²) in [5.41, 5.74) is -0.0654. The normalized spacial score (nSPS) is 11.3. The van der Waals surface area contributed by atoms with Gasteiger partial charge in [-0.15, -0.1) is 0 Å². The number of benzene rings is 1. The first kappa shape index (κ1) is 16.2. The van der Waals surface area contributed by atoms with Crippen molar-refractivity contribution in [2.24, 2.45) is 0 Å². The van der Waals surface area contributed by atoms with Gasteiger partial charge in [-0.1, -0.05) is 12.1 Å². The van der Waals surface area contributed by atoms with E-state index in [1.807, 2.05) is 0 Å². The number of esters is 1. The molecule has 1 atom stereocenters. The van der Waals surface area contributed by atoms with Crippen molar-refractivity contribution in [3.8, 4) is 5.75 Å². The number of rotatable bonds is 6. The summed E-state index contributed by atoms with van der Waals surface area (Å²) in [4.78, 5) is 44.4. The number of hydrogen-bond acceptors (Lipinski definition) is 5. The molecule has 0 aliphatic carbocycles. The number of carbonyl (C=O) groups is 4. The van der Waals surface area contributed by atoms with Crippen LogP contribution in [0.2, 0.25) is 0 Å². The minimum atomic E-state index is -1.58. The molecule has 1 rings (SSSR count). The van der Waals surface area contributed by atoms with Crippen LogP contribution in [0.15, 0.2) is 24.3 Å². The summed E-state index contributed by atoms with van der Waals surface area (Å²) in [5, 5.41) is 19.5. The average Bonchev–Trinajstić information content (AvgIpc) is 2.37. The third-order valence-electron chi connectivity index (χ3n) is 2.37. The Balaban J connectivity index is 2.94. The van der Waals surface area contributed by atoms with Gasteiger partial charge in [-0.2, -0.15) is 0 Å². The highest BCUT2D eigenvalue weighted by atomic mass is 16.5. The second-order valence-electron chi connectivity index (χ2n) is 4.05. The van der Waals surface area contributed by atoms with E-state index in [9.17, 15) is 19.2 Å². The quantitative estimate of drug-likeness (QED) is 0.507. The van der Waals surface area contributed by atoms with Crippen molar-refractivity contribution in [2.45, 2.75) is 19.4 Å². The lowest BCUT2D eigenvalue weighted by Crippen LogP contribution is -2.42. The zero-order chi connectivity index (χ0) is 16.0. The van der Waals surface area contributed by atoms with Crippen LogP contribution in [0.5, 0.6) is 5.75 Å². The predicted molar refractivity (Wildman–Crippen MR) is 68.9 cm³/mol. The highest BCUT2D eigenvalue weighted by Gasteiger charge is 2.25. The van der Waals surface area contributed by atoms with Crippen molar-refractivity contribution in [1.82, 2.24) is 5.32 Å². The zero-order valence-electron chi connectivity index (χ0n) is 11.0. The van der Waals surface area contributed by atoms with Crippen LogP contribution in [-0.4, -0.2) is 40.1 Å². The molecule has 0 saturated carbocycles. The van der Waals surface area contributed by atoms with Gasteiger partial charge in [-0.05, 0) is 12.1 Å². The maximum absolute atomic E-state index is 12.0. The highest BCUT2D eigenvalue weighted by Crippen LogP contribution is 2.18. The first-order valence-electron chi connectivity index (χ1n) is 5.84. The summed E-state index contributed by atoms with van der Waals surface area (Å²) in [7, 11) is 0. The molecule has 0 saturated heterocycles. The van der Waals surface area contributed by atoms with Crippen LogP contribution in [0.3, 0.4) is 0 Å². The number of carboxylic acid groups (broad SMARTS) is 2. The van der Waals surface area contributed by atoms with E-state index in [1.54, 1.807) is 0 Å². The molecule has 112 valence electrons. The first-order chi connectivity index (χ1) is 9.81. The summed E-state index contributed by atoms with van der Waals surface area (Å²) in [5.74, 6) is -4.37. The molecule has 8 heteroatoms. The number of carboxylic acids is 2. The van der Waals surface area contributed by atoms with E-state index in [0.717, 1.165) is 6.92 Å². The van der Waals surface area contributed by atoms with Crippen LogP contribution < -0.4 is 10.1 Å². The van der Waals surface area contributed by atoms with Gasteiger partial charge in [0, 0.05) is 6.92 Å². The summed E-state index contributed by atoms with van der Waals surface area (Å²) in [6.07, 6.45) is -0.767. The summed E-state index contributed by atoms with van der Waals surface area (Å²) >= 11 is 0. The van der Waals surface area contributed by atoms with Gasteiger partial charge in [-0.25, -0.2) is 4.79 Å². The lowest BCUT2D eigenvalue weighted by atomic mass is 10.1. The third-order valence-corrected chi connectivity index (χ3v) is 2.37. The summed E-state index contributed by atoms with van der Waals surface area (Å²) in [6, 6.07) is 4.13. The molecule has 0 heterocycles. The Morgan fingerprint density at radius 2 is 1.81 bits per heavy atom. The van der Waals surface area contributed by atoms with Gasteiger partial charge in [0.2, 0.25) is 0 Å². The van der Waals surface area contributed by atoms with Gasteiger partial charge in [0.1, 0.15) is 11.8 Å². The minimum Gasteiger partial charge on any atom is -0.481 e. The number of carbonyl (C=O) groups excluding carboxylic acids is 2. The Morgan fingerprint density at radius 3 is 2.33 bits per heavy atom. The molecular formula is C13H13NO7. The molecule has 21 heavy (non-hydrogen) atoms. The predicted octanol–water partition coefficient (Wildman–Crippen LogP) is 0.270. The number of amides is 1. The molecule has 1 unspecified atom stereocenters. The fourth-order valence-corrected chi connectivity index (χ4v) is 1.51. The van der Waals surface area contributed by atoms with Crippen LogP contribution in [0, 0.1) is 0 Å². The number of aliphatic carboxylic acids is 2. The van der Waals surface area contributed by atoms with Crippen molar-refractivity contribution in [2.75, 3.05) is 0 Å². The van der Waals surface area contributed by atoms with E-state index < -0.39 is 36.3 Å². The molecule has 0 aliphatic rings. The standard InChI is InChI=1S/C13H13NO7/c1-7(15)21-10-5-3-2-4-8(10)12(18)14-9(13(19)20)6-11(16)17/h2-5,9H,6H2,1H3,(H,14,18)(H,16,17)(H,19,20). The fourth-order valence-electron chi connectivity index (χ4n) is 1.51. The average molecular weight is 295 g/mol. The molecule has 0 fully saturated rings. The molecule has 0 spiro atoms. The third kappa shape index (κ3) is 4.94. The molecule has 0 aromatic heterocycles. The molecule has 1 aromatic rings. The topological polar surface area (TPSA) is 130 Å². The maximum atomic E-state index is 12.0. The first-order valence-corrected chi connectivity index (χ1v) is 5.84. The Morgan fingerprint density at radius 1 is 1.19 bits per heavy atom. The smallest absolute Gasteiger partial charge is 0.326 e. The number of ether oxygens (including phenoxy) is 1. The van der Waals surface area contributed by atoms with Gasteiger partial charge in [0.25, 0.3) is 5.91 Å². The maximum Gasteiger partial charge on any atom is 0.326 e. The zero-order valence-corrected chi connectivity index (χ0v) is 11.0. The van der Waals surface area contributed by atoms with E-state index in [4.69, 9.17) is 14.9 Å². The Hall–Kier alpha value is -2.90. The second-order valence-corrected chi connectivity index (χ2v) is 4.05. The molecular weight excluding hydrogens is 282 g/mol. The van der Waals surface area contributed by atoms with Gasteiger partial charge < -0.3 is 20.3 Å². The lowest BCUT2D eigenvalue weighted by molar-refractivity contribution is -0.145. The van der Waals surface area contributed by atoms with Crippen LogP contribution in [0.1, 0.15) is 23.7 Å². The fraction of sp³-hybridized carbons (Fsp3) is 0.231. The van der Waals surface area contributed by atoms with E-state index >= 15 is 0 Å². The van der Waals surface area contributed by atoms with Gasteiger partial charge in [-0.3, -0.25) is 14.4 Å². The SMILES string of the molecule is CC(=O)Oc1ccccc1C(=O)NC(CC(=O)O)C(=O)O. The largest absolute Gasteiger partial charge is 0.481 e. The molecule has 0 bridgehead atoms. The number of para-hydroxylation sites is 1. The molecule has 0 aliphatic heterocycles. The Kier molecular flexibility index (Phi) is 5.41. The van der Waals surface area contributed by atoms with E-state index in [1.165, 1.54) is 24.3 Å². The van der Waals surface area contributed by atoms with Crippen molar-refractivity contribution < 1.29 is 34.1 Å². The van der Waals surface area contributed by atoms with Crippen LogP contribution in [0.25, 0.3) is 0 Å². The summed E-state index contributed by atoms with van der Waals surface area (Å²) in [6.45, 7) is 1.15. The summed E-state index contributed by atoms with van der Waals surface area (Å²) < 4.78 is 4.83. The van der Waals surface area contributed by atoms with Crippen molar-refractivity contribution in [3.05, 3.63) is 29.8 Å². The second kappa shape index (κ2) is 7.04. The van der Waals surface area contributed by atoms with Crippen molar-refractivity contribution in [3.63, 3.8) is 0 Å². The Bertz CT molecular complexity index is 582. The molecule has 0 radical (unpaired) electrons. The van der Waals surface area contributed by atoms with Crippen LogP contribution in [0.4, 0.5) is 0 Å². The molecule has 3 N–H and O–H groups in total. The van der Waals surface area contributed by atoms with Gasteiger partial charge >= 0.3 is 17.9 Å². The molecule has 1 amide bonds. The van der Waals surface area contributed by atoms with Crippen LogP contribution >= 0.6 is 0 Å². The lowest BCUT2D eigenvalue weighted by Gasteiger charge is -2.14. The monoisotopic (exact) mass is 295 g/mol. The number of hydrogen-bond donors (Lipinski definition) is 3. The van der Waals surface area contributed by atoms with Crippen molar-refractivity contribution in [1.29, 1.82) is 0 Å². The van der Waals surface area contributed by atoms with Gasteiger partial charge in [0.05, 0.1) is 12.0 Å². The molecule has 8 nitrogen and oxygen atoms in total. The van der Waals surface area contributed by atoms with E-state index in [0.29, 0.717) is 0 Å². The minimum absolute atomic E-state index is 0.0398. The molecule has 1 aromatic carbocycles. The van der Waals surface area contributed by atoms with Crippen LogP contribution in [-0.2, 0) is 14.4 Å². The highest BCUT2D eigenvalue weighted by molar-refractivity contribution is 6.00. The van der Waals surface area contributed by atoms with Gasteiger partial charge in [0.15, 0.2) is 0 Å². The Labute approximate surface area is 119 Å². The van der Waals surface area contributed by atoms with Crippen molar-refractivity contribution >= 4 is 23.8 Å².